The Hall–Kier alpha value is -2.98. The Kier molecular flexibility index (Phi) is 2.67. The Morgan fingerprint density at radius 3 is 2.62 bits per heavy atom. The Labute approximate surface area is 142 Å². The van der Waals surface area contributed by atoms with Crippen LogP contribution in [-0.4, -0.2) is 6.04 Å². The first-order chi connectivity index (χ1) is 11.8. The number of benzene rings is 2. The number of hydrogen-bond donors (Lipinski definition) is 0. The van der Waals surface area contributed by atoms with E-state index in [1.165, 1.54) is 22.2 Å². The van der Waals surface area contributed by atoms with E-state index in [-0.39, 0.29) is 11.5 Å². The van der Waals surface area contributed by atoms with Gasteiger partial charge < -0.3 is 4.90 Å². The van der Waals surface area contributed by atoms with Crippen molar-refractivity contribution >= 4 is 23.5 Å². The summed E-state index contributed by atoms with van der Waals surface area (Å²) in [6.07, 6.45) is 4.75. The molecule has 2 unspecified atom stereocenters. The summed E-state index contributed by atoms with van der Waals surface area (Å²) >= 11 is 0. The molecule has 0 N–H and O–H groups in total. The van der Waals surface area contributed by atoms with Gasteiger partial charge >= 0.3 is 0 Å². The van der Waals surface area contributed by atoms with Crippen LogP contribution in [0, 0.1) is 12.1 Å². The number of para-hydroxylation sites is 2. The molecule has 2 aliphatic rings. The summed E-state index contributed by atoms with van der Waals surface area (Å²) in [6, 6.07) is 30.1. The molecule has 0 radical (unpaired) electrons. The van der Waals surface area contributed by atoms with Gasteiger partial charge in [-0.15, -0.1) is 0 Å². The predicted octanol–water partition coefficient (Wildman–Crippen LogP) is 3.34. The van der Waals surface area contributed by atoms with Gasteiger partial charge in [-0.1, -0.05) is 60.7 Å². The molecule has 2 atom stereocenters. The maximum Gasteiger partial charge on any atom is 0.0661 e. The fourth-order valence-corrected chi connectivity index (χ4v) is 4.16. The van der Waals surface area contributed by atoms with Crippen LogP contribution in [0.3, 0.4) is 0 Å². The van der Waals surface area contributed by atoms with Crippen molar-refractivity contribution in [3.63, 3.8) is 0 Å². The summed E-state index contributed by atoms with van der Waals surface area (Å²) in [6.45, 7) is 2.33. The minimum Gasteiger partial charge on any atom is -0.333 e. The zero-order valence-corrected chi connectivity index (χ0v) is 13.5. The minimum atomic E-state index is -0.0644. The summed E-state index contributed by atoms with van der Waals surface area (Å²) in [7, 11) is 0. The number of hydrogen-bond acceptors (Lipinski definition) is 1. The molecule has 1 nitrogen and oxygen atoms in total. The van der Waals surface area contributed by atoms with E-state index < -0.39 is 0 Å². The van der Waals surface area contributed by atoms with Gasteiger partial charge in [-0.25, -0.2) is 0 Å². The van der Waals surface area contributed by atoms with Gasteiger partial charge in [0, 0.05) is 22.0 Å². The van der Waals surface area contributed by atoms with Gasteiger partial charge in [0.05, 0.1) is 6.04 Å². The van der Waals surface area contributed by atoms with Crippen molar-refractivity contribution in [2.45, 2.75) is 18.4 Å². The molecular formula is C23H17N. The second-order valence-electron chi connectivity index (χ2n) is 6.73. The molecule has 0 amide bonds. The summed E-state index contributed by atoms with van der Waals surface area (Å²) < 4.78 is 0. The molecule has 5 rings (SSSR count). The highest BCUT2D eigenvalue weighted by Crippen LogP contribution is 2.50. The van der Waals surface area contributed by atoms with Crippen molar-refractivity contribution < 1.29 is 0 Å². The van der Waals surface area contributed by atoms with E-state index in [1.807, 2.05) is 6.07 Å². The molecule has 114 valence electrons. The van der Waals surface area contributed by atoms with Gasteiger partial charge in [0.1, 0.15) is 0 Å². The van der Waals surface area contributed by atoms with E-state index in [0.29, 0.717) is 0 Å². The topological polar surface area (TPSA) is 3.24 Å². The number of anilines is 2. The van der Waals surface area contributed by atoms with Crippen molar-refractivity contribution in [2.24, 2.45) is 0 Å². The highest BCUT2D eigenvalue weighted by Gasteiger charge is 2.46. The Morgan fingerprint density at radius 1 is 0.958 bits per heavy atom. The standard InChI is InChI=1S/C23H17N/c1-23-16-18-10-6-5-9-17(18)15-22(23)24(19-11-3-2-4-12-19)21-14-8-7-13-20(21)23/h2-5,7-9,11-16,22H,1H3. The van der Waals surface area contributed by atoms with Crippen LogP contribution in [0.25, 0.3) is 12.2 Å². The van der Waals surface area contributed by atoms with E-state index >= 15 is 0 Å². The molecule has 3 aromatic rings. The van der Waals surface area contributed by atoms with Gasteiger partial charge in [0.25, 0.3) is 0 Å². The molecular weight excluding hydrogens is 290 g/mol. The average Bonchev–Trinajstić information content (AvgIpc) is 2.88. The number of rotatable bonds is 1. The van der Waals surface area contributed by atoms with Gasteiger partial charge in [0.2, 0.25) is 0 Å². The van der Waals surface area contributed by atoms with Crippen LogP contribution in [-0.2, 0) is 5.41 Å². The SMILES string of the molecule is CC12C=c3c#cccc3=CC1N(c1ccccc1)c1ccccc12. The van der Waals surface area contributed by atoms with Crippen LogP contribution in [0.1, 0.15) is 12.5 Å². The lowest BCUT2D eigenvalue weighted by molar-refractivity contribution is 0.602. The molecule has 0 aromatic heterocycles. The summed E-state index contributed by atoms with van der Waals surface area (Å²) in [4.78, 5) is 2.46. The third kappa shape index (κ3) is 1.71. The summed E-state index contributed by atoms with van der Waals surface area (Å²) in [5.74, 6) is 0. The molecule has 1 heterocycles. The van der Waals surface area contributed by atoms with E-state index in [1.54, 1.807) is 0 Å². The van der Waals surface area contributed by atoms with Crippen LogP contribution in [0.4, 0.5) is 11.4 Å². The smallest absolute Gasteiger partial charge is 0.0661 e. The molecule has 1 aliphatic carbocycles. The highest BCUT2D eigenvalue weighted by molar-refractivity contribution is 5.82. The lowest BCUT2D eigenvalue weighted by Gasteiger charge is -2.34. The van der Waals surface area contributed by atoms with Gasteiger partial charge in [-0.2, -0.15) is 0 Å². The molecule has 1 heteroatoms. The molecule has 0 fully saturated rings. The Bertz CT molecular complexity index is 1030. The van der Waals surface area contributed by atoms with Crippen molar-refractivity contribution in [3.05, 3.63) is 94.9 Å². The maximum absolute atomic E-state index is 3.28. The maximum atomic E-state index is 3.28. The van der Waals surface area contributed by atoms with E-state index in [9.17, 15) is 0 Å². The average molecular weight is 307 g/mol. The zero-order chi connectivity index (χ0) is 16.1. The predicted molar refractivity (Wildman–Crippen MR) is 98.5 cm³/mol. The van der Waals surface area contributed by atoms with Crippen LogP contribution in [0.2, 0.25) is 0 Å². The van der Waals surface area contributed by atoms with Crippen LogP contribution in [0.15, 0.2) is 66.7 Å². The number of nitrogens with zero attached hydrogens (tertiary/aromatic N) is 1. The summed E-state index contributed by atoms with van der Waals surface area (Å²) in [5.41, 5.74) is 3.84. The van der Waals surface area contributed by atoms with Gasteiger partial charge in [-0.3, -0.25) is 0 Å². The normalized spacial score (nSPS) is 23.2. The molecule has 1 aliphatic heterocycles. The van der Waals surface area contributed by atoms with Crippen molar-refractivity contribution in [3.8, 4) is 0 Å². The zero-order valence-electron chi connectivity index (χ0n) is 13.5. The van der Waals surface area contributed by atoms with Crippen LogP contribution < -0.4 is 15.3 Å². The van der Waals surface area contributed by atoms with Crippen LogP contribution in [0.5, 0.6) is 0 Å². The van der Waals surface area contributed by atoms with Crippen LogP contribution >= 0.6 is 0 Å². The van der Waals surface area contributed by atoms with Gasteiger partial charge in [0.15, 0.2) is 0 Å². The molecule has 0 saturated carbocycles. The fourth-order valence-electron chi connectivity index (χ4n) is 4.16. The largest absolute Gasteiger partial charge is 0.333 e. The van der Waals surface area contributed by atoms with E-state index in [2.05, 4.69) is 96.8 Å². The second kappa shape index (κ2) is 4.76. The molecule has 24 heavy (non-hydrogen) atoms. The highest BCUT2D eigenvalue weighted by atomic mass is 15.2. The fraction of sp³-hybridized carbons (Fsp3) is 0.130. The first-order valence-electron chi connectivity index (χ1n) is 8.34. The third-order valence-electron chi connectivity index (χ3n) is 5.32. The van der Waals surface area contributed by atoms with Crippen molar-refractivity contribution in [1.29, 1.82) is 0 Å². The first kappa shape index (κ1) is 13.5. The van der Waals surface area contributed by atoms with Crippen molar-refractivity contribution in [2.75, 3.05) is 4.90 Å². The molecule has 0 bridgehead atoms. The Morgan fingerprint density at radius 2 is 1.75 bits per heavy atom. The molecule has 0 saturated heterocycles. The van der Waals surface area contributed by atoms with Gasteiger partial charge in [-0.05, 0) is 48.0 Å². The monoisotopic (exact) mass is 307 g/mol. The summed E-state index contributed by atoms with van der Waals surface area (Å²) in [5, 5.41) is 2.39. The lowest BCUT2D eigenvalue weighted by atomic mass is 9.75. The quantitative estimate of drug-likeness (QED) is 0.666. The Balaban J connectivity index is 1.83. The second-order valence-corrected chi connectivity index (χ2v) is 6.73. The van der Waals surface area contributed by atoms with Crippen molar-refractivity contribution in [1.82, 2.24) is 0 Å². The minimum absolute atomic E-state index is 0.0644. The molecule has 3 aromatic carbocycles. The lowest BCUT2D eigenvalue weighted by Crippen LogP contribution is -2.46. The molecule has 0 spiro atoms. The van der Waals surface area contributed by atoms with E-state index in [0.717, 1.165) is 5.22 Å². The first-order valence-corrected chi connectivity index (χ1v) is 8.34. The van der Waals surface area contributed by atoms with E-state index in [4.69, 9.17) is 0 Å². The third-order valence-corrected chi connectivity index (χ3v) is 5.32. The number of fused-ring (bicyclic) bond motifs is 4.